The van der Waals surface area contributed by atoms with E-state index in [4.69, 9.17) is 9.47 Å². The summed E-state index contributed by atoms with van der Waals surface area (Å²) in [5.41, 5.74) is 0. The van der Waals surface area contributed by atoms with Gasteiger partial charge in [-0.2, -0.15) is 0 Å². The van der Waals surface area contributed by atoms with Gasteiger partial charge in [0.15, 0.2) is 0 Å². The third-order valence-corrected chi connectivity index (χ3v) is 2.74. The first-order valence-corrected chi connectivity index (χ1v) is 6.85. The van der Waals surface area contributed by atoms with Crippen LogP contribution in [0.25, 0.3) is 0 Å². The van der Waals surface area contributed by atoms with Crippen LogP contribution in [-0.2, 0) is 0 Å². The fraction of sp³-hybridized carbons (Fsp3) is 0.600. The summed E-state index contributed by atoms with van der Waals surface area (Å²) < 4.78 is 11.1. The zero-order chi connectivity index (χ0) is 13.2. The molecule has 1 unspecified atom stereocenters. The molecule has 0 aromatic heterocycles. The second kappa shape index (κ2) is 8.81. The van der Waals surface area contributed by atoms with Crippen LogP contribution in [0.3, 0.4) is 0 Å². The Morgan fingerprint density at radius 2 is 1.67 bits per heavy atom. The highest BCUT2D eigenvalue weighted by atomic mass is 16.5. The third-order valence-electron chi connectivity index (χ3n) is 2.74. The SMILES string of the molecule is CCNC(C)CCCOc1ccc(OCC)cc1. The molecule has 0 fully saturated rings. The lowest BCUT2D eigenvalue weighted by Gasteiger charge is -2.12. The van der Waals surface area contributed by atoms with Crippen LogP contribution in [0.1, 0.15) is 33.6 Å². The van der Waals surface area contributed by atoms with Gasteiger partial charge in [0.05, 0.1) is 13.2 Å². The van der Waals surface area contributed by atoms with Gasteiger partial charge in [-0.1, -0.05) is 6.92 Å². The van der Waals surface area contributed by atoms with Gasteiger partial charge in [0.25, 0.3) is 0 Å². The Kier molecular flexibility index (Phi) is 7.26. The highest BCUT2D eigenvalue weighted by Crippen LogP contribution is 2.17. The summed E-state index contributed by atoms with van der Waals surface area (Å²) in [6.07, 6.45) is 2.21. The van der Waals surface area contributed by atoms with Crippen LogP contribution >= 0.6 is 0 Å². The maximum atomic E-state index is 5.68. The number of benzene rings is 1. The smallest absolute Gasteiger partial charge is 0.119 e. The fourth-order valence-corrected chi connectivity index (χ4v) is 1.83. The van der Waals surface area contributed by atoms with Gasteiger partial charge in [0.2, 0.25) is 0 Å². The van der Waals surface area contributed by atoms with E-state index in [1.54, 1.807) is 0 Å². The second-order valence-electron chi connectivity index (χ2n) is 4.35. The molecule has 0 saturated carbocycles. The summed E-state index contributed by atoms with van der Waals surface area (Å²) in [7, 11) is 0. The van der Waals surface area contributed by atoms with Crippen LogP contribution in [0.4, 0.5) is 0 Å². The third kappa shape index (κ3) is 5.92. The maximum Gasteiger partial charge on any atom is 0.119 e. The van der Waals surface area contributed by atoms with E-state index in [1.807, 2.05) is 31.2 Å². The van der Waals surface area contributed by atoms with E-state index in [-0.39, 0.29) is 0 Å². The minimum atomic E-state index is 0.568. The van der Waals surface area contributed by atoms with Gasteiger partial charge < -0.3 is 14.8 Å². The Hall–Kier alpha value is -1.22. The number of hydrogen-bond acceptors (Lipinski definition) is 3. The molecule has 3 heteroatoms. The number of nitrogens with one attached hydrogen (secondary N) is 1. The molecule has 0 bridgehead atoms. The molecule has 1 aromatic carbocycles. The number of rotatable bonds is 9. The van der Waals surface area contributed by atoms with E-state index in [0.29, 0.717) is 12.6 Å². The lowest BCUT2D eigenvalue weighted by molar-refractivity contribution is 0.297. The first-order valence-electron chi connectivity index (χ1n) is 6.85. The molecular weight excluding hydrogens is 226 g/mol. The first kappa shape index (κ1) is 14.8. The predicted octanol–water partition coefficient (Wildman–Crippen LogP) is 3.24. The van der Waals surface area contributed by atoms with Crippen LogP contribution in [0.15, 0.2) is 24.3 Å². The quantitative estimate of drug-likeness (QED) is 0.683. The van der Waals surface area contributed by atoms with E-state index in [2.05, 4.69) is 19.2 Å². The van der Waals surface area contributed by atoms with Crippen LogP contribution in [-0.4, -0.2) is 25.8 Å². The number of ether oxygens (including phenoxy) is 2. The van der Waals surface area contributed by atoms with Gasteiger partial charge in [-0.15, -0.1) is 0 Å². The molecule has 3 nitrogen and oxygen atoms in total. The van der Waals surface area contributed by atoms with Crippen LogP contribution in [0.2, 0.25) is 0 Å². The minimum absolute atomic E-state index is 0.568. The molecule has 0 spiro atoms. The van der Waals surface area contributed by atoms with Gasteiger partial charge in [-0.25, -0.2) is 0 Å². The number of hydrogen-bond donors (Lipinski definition) is 1. The average molecular weight is 251 g/mol. The monoisotopic (exact) mass is 251 g/mol. The molecule has 1 atom stereocenters. The lowest BCUT2D eigenvalue weighted by atomic mass is 10.2. The predicted molar refractivity (Wildman–Crippen MR) is 75.5 cm³/mol. The molecule has 0 aliphatic carbocycles. The van der Waals surface area contributed by atoms with Crippen molar-refractivity contribution in [1.29, 1.82) is 0 Å². The molecule has 18 heavy (non-hydrogen) atoms. The molecule has 0 saturated heterocycles. The van der Waals surface area contributed by atoms with Gasteiger partial charge in [-0.05, 0) is 57.5 Å². The van der Waals surface area contributed by atoms with Crippen molar-refractivity contribution in [3.8, 4) is 11.5 Å². The van der Waals surface area contributed by atoms with Gasteiger partial charge >= 0.3 is 0 Å². The summed E-state index contributed by atoms with van der Waals surface area (Å²) in [4.78, 5) is 0. The minimum Gasteiger partial charge on any atom is -0.494 e. The molecule has 1 rings (SSSR count). The van der Waals surface area contributed by atoms with E-state index >= 15 is 0 Å². The molecule has 1 aromatic rings. The highest BCUT2D eigenvalue weighted by molar-refractivity contribution is 5.31. The van der Waals surface area contributed by atoms with E-state index in [1.165, 1.54) is 0 Å². The van der Waals surface area contributed by atoms with Crippen molar-refractivity contribution in [2.45, 2.75) is 39.7 Å². The van der Waals surface area contributed by atoms with Gasteiger partial charge in [0.1, 0.15) is 11.5 Å². The maximum absolute atomic E-state index is 5.68. The molecule has 0 radical (unpaired) electrons. The molecule has 0 amide bonds. The summed E-state index contributed by atoms with van der Waals surface area (Å²) in [5, 5.41) is 3.39. The van der Waals surface area contributed by atoms with E-state index < -0.39 is 0 Å². The van der Waals surface area contributed by atoms with Crippen molar-refractivity contribution < 1.29 is 9.47 Å². The molecular formula is C15H25NO2. The van der Waals surface area contributed by atoms with Crippen LogP contribution < -0.4 is 14.8 Å². The highest BCUT2D eigenvalue weighted by Gasteiger charge is 2.00. The van der Waals surface area contributed by atoms with Crippen molar-refractivity contribution in [2.75, 3.05) is 19.8 Å². The first-order chi connectivity index (χ1) is 8.76. The van der Waals surface area contributed by atoms with Gasteiger partial charge in [0, 0.05) is 6.04 Å². The van der Waals surface area contributed by atoms with E-state index in [0.717, 1.165) is 37.5 Å². The molecule has 102 valence electrons. The van der Waals surface area contributed by atoms with Crippen molar-refractivity contribution in [3.05, 3.63) is 24.3 Å². The van der Waals surface area contributed by atoms with Crippen LogP contribution in [0, 0.1) is 0 Å². The standard InChI is InChI=1S/C15H25NO2/c1-4-16-13(3)7-6-12-18-15-10-8-14(9-11-15)17-5-2/h8-11,13,16H,4-7,12H2,1-3H3. The Morgan fingerprint density at radius 1 is 1.06 bits per heavy atom. The van der Waals surface area contributed by atoms with Gasteiger partial charge in [-0.3, -0.25) is 0 Å². The Balaban J connectivity index is 2.19. The molecule has 0 aliphatic rings. The Bertz CT molecular complexity index is 311. The average Bonchev–Trinajstić information content (AvgIpc) is 2.37. The van der Waals surface area contributed by atoms with Crippen LogP contribution in [0.5, 0.6) is 11.5 Å². The topological polar surface area (TPSA) is 30.5 Å². The Labute approximate surface area is 110 Å². The van der Waals surface area contributed by atoms with E-state index in [9.17, 15) is 0 Å². The van der Waals surface area contributed by atoms with Crippen molar-refractivity contribution in [2.24, 2.45) is 0 Å². The fourth-order valence-electron chi connectivity index (χ4n) is 1.83. The second-order valence-corrected chi connectivity index (χ2v) is 4.35. The summed E-state index contributed by atoms with van der Waals surface area (Å²) in [6, 6.07) is 8.37. The molecule has 1 N–H and O–H groups in total. The summed E-state index contributed by atoms with van der Waals surface area (Å²) in [5.74, 6) is 1.81. The molecule has 0 heterocycles. The Morgan fingerprint density at radius 3 is 2.22 bits per heavy atom. The van der Waals surface area contributed by atoms with Crippen molar-refractivity contribution in [1.82, 2.24) is 5.32 Å². The summed E-state index contributed by atoms with van der Waals surface area (Å²) in [6.45, 7) is 8.82. The van der Waals surface area contributed by atoms with Crippen molar-refractivity contribution >= 4 is 0 Å². The largest absolute Gasteiger partial charge is 0.494 e. The van der Waals surface area contributed by atoms with Crippen molar-refractivity contribution in [3.63, 3.8) is 0 Å². The molecule has 0 aliphatic heterocycles. The zero-order valence-electron chi connectivity index (χ0n) is 11.7. The zero-order valence-corrected chi connectivity index (χ0v) is 11.7. The lowest BCUT2D eigenvalue weighted by Crippen LogP contribution is -2.25. The normalized spacial score (nSPS) is 12.2. The summed E-state index contributed by atoms with van der Waals surface area (Å²) >= 11 is 0.